The molecule has 7 heteroatoms. The van der Waals surface area contributed by atoms with Crippen molar-refractivity contribution in [1.82, 2.24) is 23.3 Å². The highest BCUT2D eigenvalue weighted by Gasteiger charge is 2.46. The van der Waals surface area contributed by atoms with Gasteiger partial charge in [-0.25, -0.2) is 4.98 Å². The molecule has 9 heterocycles. The second-order valence-corrected chi connectivity index (χ2v) is 16.4. The van der Waals surface area contributed by atoms with Crippen LogP contribution < -0.4 is 32.8 Å². The summed E-state index contributed by atoms with van der Waals surface area (Å²) >= 11 is 0. The van der Waals surface area contributed by atoms with E-state index < -0.39 is 183 Å². The zero-order valence-electron chi connectivity index (χ0n) is 60.0. The van der Waals surface area contributed by atoms with Crippen molar-refractivity contribution in [1.29, 1.82) is 0 Å². The lowest BCUT2D eigenvalue weighted by Crippen LogP contribution is -2.60. The van der Waals surface area contributed by atoms with Crippen molar-refractivity contribution < 1.29 is 38.4 Å². The fourth-order valence-electron chi connectivity index (χ4n) is 11.7. The van der Waals surface area contributed by atoms with Crippen LogP contribution >= 0.6 is 0 Å². The molecule has 0 atom stereocenters. The SMILES string of the molecule is [2H]c1c([2H])c([2H])c2c(c1[2H])c1c([2H])c([2H])c([2H])c3c1n2-c1cc2c4c5c(nc2c2c1B3c1c([2H])c([2H])c([2H])c3c6c([2H])c([2H])c([2H])c([2H])c6n-2c13)-n1c2c([2H])c([2H])c([2H])c([2H])c2c2c([2H])c([2H])c([2H])c(c21)B5c1c([2H])c([2H])c([2H])c2c3c([2H])c([2H])c([2H])c([2H])c3n-4c12. The molecule has 64 heavy (non-hydrogen) atoms. The van der Waals surface area contributed by atoms with Crippen LogP contribution in [0.15, 0.2) is 175 Å². The summed E-state index contributed by atoms with van der Waals surface area (Å²) in [6.07, 6.45) is 0. The zero-order chi connectivity index (χ0) is 65.2. The number of rotatable bonds is 0. The lowest BCUT2D eigenvalue weighted by Gasteiger charge is -2.37. The van der Waals surface area contributed by atoms with Crippen LogP contribution in [0.2, 0.25) is 0 Å². The third-order valence-corrected chi connectivity index (χ3v) is 13.9. The fourth-order valence-corrected chi connectivity index (χ4v) is 11.7. The van der Waals surface area contributed by atoms with E-state index in [9.17, 15) is 30.2 Å². The van der Waals surface area contributed by atoms with E-state index in [0.29, 0.717) is 0 Å². The summed E-state index contributed by atoms with van der Waals surface area (Å²) in [5.74, 6) is -0.321. The Balaban J connectivity index is 1.24. The maximum atomic E-state index is 9.98. The molecule has 0 fully saturated rings. The van der Waals surface area contributed by atoms with Crippen LogP contribution in [0.25, 0.3) is 121 Å². The molecule has 9 aromatic carbocycles. The minimum absolute atomic E-state index is 0.0647. The molecule has 0 saturated carbocycles. The van der Waals surface area contributed by atoms with Crippen molar-refractivity contribution in [2.24, 2.45) is 0 Å². The third-order valence-electron chi connectivity index (χ3n) is 13.9. The van der Waals surface area contributed by atoms with Crippen molar-refractivity contribution in [3.63, 3.8) is 0 Å². The number of aromatic nitrogens is 5. The molecule has 0 saturated heterocycles. The molecular formula is C57H29B2N5. The highest BCUT2D eigenvalue weighted by atomic mass is 15.1. The van der Waals surface area contributed by atoms with Gasteiger partial charge in [0.05, 0.1) is 82.9 Å². The van der Waals surface area contributed by atoms with Gasteiger partial charge in [-0.3, -0.25) is 4.57 Å². The molecule has 5 nitrogen and oxygen atoms in total. The van der Waals surface area contributed by atoms with Crippen molar-refractivity contribution in [3.05, 3.63) is 175 Å². The first-order chi connectivity index (χ1) is 43.5. The molecule has 0 N–H and O–H groups in total. The van der Waals surface area contributed by atoms with Gasteiger partial charge in [-0.2, -0.15) is 0 Å². The van der Waals surface area contributed by atoms with Crippen molar-refractivity contribution in [2.45, 2.75) is 0 Å². The Morgan fingerprint density at radius 2 is 0.719 bits per heavy atom. The van der Waals surface area contributed by atoms with Crippen molar-refractivity contribution >= 4 is 144 Å². The van der Waals surface area contributed by atoms with Gasteiger partial charge in [0.15, 0.2) is 0 Å². The van der Waals surface area contributed by atoms with Gasteiger partial charge in [0.1, 0.15) is 5.82 Å². The smallest absolute Gasteiger partial charge is 0.254 e. The van der Waals surface area contributed by atoms with Crippen molar-refractivity contribution in [2.75, 3.05) is 0 Å². The van der Waals surface area contributed by atoms with E-state index in [1.165, 1.54) is 24.3 Å². The Kier molecular flexibility index (Phi) is 2.65. The summed E-state index contributed by atoms with van der Waals surface area (Å²) in [5, 5.41) is -2.46. The number of benzene rings is 9. The average molecular weight is 834 g/mol. The van der Waals surface area contributed by atoms with Crippen LogP contribution in [0.1, 0.15) is 38.4 Å². The number of hydrogen-bond donors (Lipinski definition) is 0. The van der Waals surface area contributed by atoms with Gasteiger partial charge in [-0.15, -0.1) is 0 Å². The molecule has 14 aromatic rings. The standard InChI is InChI=1S/C57H29B2N5/c1-5-25-43-30(13-1)34-17-9-21-39-51(34)61(43)47-29-38-50(56-48(47)58(39)40-22-10-19-36-32-15-3-7-27-45(32)63(56)53(36)40)60-57-49-55(38)62-44-26-6-2-14-31(44)35-18-11-23-41(52(35)62)59(49)42-24-12-20-37-33-16-4-8-28-46(33)64(57)54(37)42/h1-29H/i1D,2D,3D,4D,5D,6D,7D,8D,9D,10D,11D,12D,13D,14D,15D,16D,17D,18D,19D,20D,21D,22D,23D,24D,25D,26D,27D,28D. The Bertz CT molecular complexity index is 5940. The van der Waals surface area contributed by atoms with Crippen LogP contribution in [0.4, 0.5) is 0 Å². The highest BCUT2D eigenvalue weighted by Crippen LogP contribution is 2.45. The first-order valence-electron chi connectivity index (χ1n) is 34.2. The first-order valence-corrected chi connectivity index (χ1v) is 20.2. The van der Waals surface area contributed by atoms with E-state index in [4.69, 9.17) is 13.2 Å². The molecule has 288 valence electrons. The van der Waals surface area contributed by atoms with Gasteiger partial charge < -0.3 is 13.7 Å². The second-order valence-electron chi connectivity index (χ2n) is 16.4. The quantitative estimate of drug-likeness (QED) is 0.141. The van der Waals surface area contributed by atoms with Crippen LogP contribution in [-0.4, -0.2) is 36.7 Å². The Hall–Kier alpha value is -8.28. The van der Waals surface area contributed by atoms with Gasteiger partial charge in [0.25, 0.3) is 13.4 Å². The van der Waals surface area contributed by atoms with Gasteiger partial charge in [-0.05, 0) is 63.0 Å². The third kappa shape index (κ3) is 3.21. The van der Waals surface area contributed by atoms with E-state index in [1.807, 2.05) is 0 Å². The molecule has 0 aliphatic carbocycles. The molecule has 5 aromatic heterocycles. The Morgan fingerprint density at radius 3 is 1.22 bits per heavy atom. The van der Waals surface area contributed by atoms with E-state index >= 15 is 0 Å². The molecule has 0 spiro atoms. The molecule has 0 bridgehead atoms. The van der Waals surface area contributed by atoms with Gasteiger partial charge in [0.2, 0.25) is 0 Å². The summed E-state index contributed by atoms with van der Waals surface area (Å²) in [5.41, 5.74) is -3.84. The maximum Gasteiger partial charge on any atom is 0.254 e. The number of nitrogens with zero attached hydrogens (tertiary/aromatic N) is 5. The van der Waals surface area contributed by atoms with Gasteiger partial charge >= 0.3 is 0 Å². The topological polar surface area (TPSA) is 32.6 Å². The predicted molar refractivity (Wildman–Crippen MR) is 268 cm³/mol. The minimum Gasteiger partial charge on any atom is -0.310 e. The number of para-hydroxylation sites is 8. The molecule has 0 radical (unpaired) electrons. The summed E-state index contributed by atoms with van der Waals surface area (Å²) in [6, 6.07) is -18.5. The van der Waals surface area contributed by atoms with Crippen LogP contribution in [0.3, 0.4) is 0 Å². The summed E-state index contributed by atoms with van der Waals surface area (Å²) < 4.78 is 272. The molecule has 4 aliphatic rings. The second kappa shape index (κ2) is 10.3. The zero-order valence-corrected chi connectivity index (χ0v) is 32.0. The maximum absolute atomic E-state index is 9.98. The van der Waals surface area contributed by atoms with E-state index in [2.05, 4.69) is 0 Å². The average Bonchev–Trinajstić information content (AvgIpc) is 1.39. The summed E-state index contributed by atoms with van der Waals surface area (Å²) in [7, 11) is 0. The van der Waals surface area contributed by atoms with E-state index in [1.54, 1.807) is 0 Å². The molecule has 18 rings (SSSR count). The fraction of sp³-hybridized carbons (Fsp3) is 0. The summed E-state index contributed by atoms with van der Waals surface area (Å²) in [6.45, 7) is -3.30. The monoisotopic (exact) mass is 833 g/mol. The number of fused-ring (bicyclic) bond motifs is 23. The number of hydrogen-bond acceptors (Lipinski definition) is 1. The Labute approximate surface area is 404 Å². The predicted octanol–water partition coefficient (Wildman–Crippen LogP) is 8.91. The highest BCUT2D eigenvalue weighted by molar-refractivity contribution is 7.01. The van der Waals surface area contributed by atoms with Crippen molar-refractivity contribution in [3.8, 4) is 22.9 Å². The lowest BCUT2D eigenvalue weighted by atomic mass is 9.33. The largest absolute Gasteiger partial charge is 0.310 e. The Morgan fingerprint density at radius 1 is 0.344 bits per heavy atom. The normalized spacial score (nSPS) is 20.0. The molecule has 4 aliphatic heterocycles. The molecule has 0 unspecified atom stereocenters. The van der Waals surface area contributed by atoms with Crippen LogP contribution in [0, 0.1) is 0 Å². The first kappa shape index (κ1) is 16.4. The van der Waals surface area contributed by atoms with Crippen LogP contribution in [-0.2, 0) is 0 Å². The molecular weight excluding hydrogens is 776 g/mol. The minimum atomic E-state index is -1.66. The molecule has 0 amide bonds. The van der Waals surface area contributed by atoms with Gasteiger partial charge in [0, 0.05) is 70.7 Å². The van der Waals surface area contributed by atoms with Crippen LogP contribution in [0.5, 0.6) is 0 Å². The van der Waals surface area contributed by atoms with E-state index in [0.717, 1.165) is 0 Å². The number of pyridine rings is 1. The van der Waals surface area contributed by atoms with Gasteiger partial charge in [-0.1, -0.05) is 145 Å². The lowest BCUT2D eigenvalue weighted by molar-refractivity contribution is 1.08. The van der Waals surface area contributed by atoms with E-state index in [-0.39, 0.29) is 154 Å². The summed E-state index contributed by atoms with van der Waals surface area (Å²) in [4.78, 5) is 5.56.